The van der Waals surface area contributed by atoms with Gasteiger partial charge in [-0.1, -0.05) is 25.5 Å². The maximum atomic E-state index is 12.9. The number of rotatable bonds is 9. The summed E-state index contributed by atoms with van der Waals surface area (Å²) in [7, 11) is 1.59. The number of hydrogen-bond donors (Lipinski definition) is 2. The molecule has 0 spiro atoms. The van der Waals surface area contributed by atoms with Crippen molar-refractivity contribution in [3.8, 4) is 11.5 Å². The topological polar surface area (TPSA) is 84.8 Å². The lowest BCUT2D eigenvalue weighted by Crippen LogP contribution is -2.36. The highest BCUT2D eigenvalue weighted by atomic mass is 16.5. The molecule has 0 aliphatic carbocycles. The standard InChI is InChI=1S/C25H28N4O3/c1-3-4-17-32-21-11-9-20(10-12-21)24(30)29-25(27-18-19-13-15-26-16-14-19)28-22-7-5-6-8-23(22)31-2/h5-16H,3-4,17-18H2,1-2H3,(H2,27,28,29,30). The van der Waals surface area contributed by atoms with Gasteiger partial charge in [-0.25, -0.2) is 4.99 Å². The molecule has 166 valence electrons. The zero-order chi connectivity index (χ0) is 22.6. The van der Waals surface area contributed by atoms with Crippen molar-refractivity contribution >= 4 is 17.6 Å². The Labute approximate surface area is 188 Å². The third kappa shape index (κ3) is 6.84. The number of amides is 1. The molecule has 1 aromatic heterocycles. The summed E-state index contributed by atoms with van der Waals surface area (Å²) >= 11 is 0. The minimum atomic E-state index is -0.277. The van der Waals surface area contributed by atoms with Gasteiger partial charge in [0.1, 0.15) is 11.5 Å². The Balaban J connectivity index is 1.74. The van der Waals surface area contributed by atoms with Crippen molar-refractivity contribution < 1.29 is 14.3 Å². The fourth-order valence-corrected chi connectivity index (χ4v) is 2.86. The van der Waals surface area contributed by atoms with Gasteiger partial charge in [0.2, 0.25) is 5.96 Å². The molecular formula is C25H28N4O3. The number of nitrogens with one attached hydrogen (secondary N) is 2. The second-order valence-corrected chi connectivity index (χ2v) is 7.03. The molecule has 7 nitrogen and oxygen atoms in total. The summed E-state index contributed by atoms with van der Waals surface area (Å²) in [6, 6.07) is 18.3. The predicted octanol–water partition coefficient (Wildman–Crippen LogP) is 4.67. The average molecular weight is 433 g/mol. The first-order valence-corrected chi connectivity index (χ1v) is 10.6. The molecule has 0 radical (unpaired) electrons. The molecule has 0 fully saturated rings. The van der Waals surface area contributed by atoms with Gasteiger partial charge < -0.3 is 14.8 Å². The average Bonchev–Trinajstić information content (AvgIpc) is 2.84. The van der Waals surface area contributed by atoms with Gasteiger partial charge in [0.15, 0.2) is 0 Å². The summed E-state index contributed by atoms with van der Waals surface area (Å²) in [5, 5.41) is 6.03. The Morgan fingerprint density at radius 3 is 2.50 bits per heavy atom. The van der Waals surface area contributed by atoms with Crippen molar-refractivity contribution in [2.75, 3.05) is 19.0 Å². The highest BCUT2D eigenvalue weighted by Gasteiger charge is 2.12. The number of guanidine groups is 1. The lowest BCUT2D eigenvalue weighted by atomic mass is 10.2. The summed E-state index contributed by atoms with van der Waals surface area (Å²) in [6.45, 7) is 3.16. The number of ether oxygens (including phenoxy) is 2. The van der Waals surface area contributed by atoms with Crippen molar-refractivity contribution in [3.63, 3.8) is 0 Å². The number of aliphatic imine (C=N–C) groups is 1. The van der Waals surface area contributed by atoms with Gasteiger partial charge in [-0.3, -0.25) is 15.1 Å². The summed E-state index contributed by atoms with van der Waals surface area (Å²) in [6.07, 6.45) is 5.48. The minimum Gasteiger partial charge on any atom is -0.495 e. The molecule has 0 bridgehead atoms. The number of anilines is 1. The SMILES string of the molecule is CCCCOc1ccc(C(=O)NC(=NCc2ccncc2)Nc2ccccc2OC)cc1. The molecule has 2 N–H and O–H groups in total. The number of hydrogen-bond acceptors (Lipinski definition) is 5. The van der Waals surface area contributed by atoms with Gasteiger partial charge in [-0.15, -0.1) is 0 Å². The van der Waals surface area contributed by atoms with Gasteiger partial charge in [0.05, 0.1) is 25.9 Å². The molecule has 3 rings (SSSR count). The third-order valence-electron chi connectivity index (χ3n) is 4.64. The lowest BCUT2D eigenvalue weighted by molar-refractivity contribution is 0.0977. The number of carbonyl (C=O) groups excluding carboxylic acids is 1. The van der Waals surface area contributed by atoms with E-state index < -0.39 is 0 Å². The maximum absolute atomic E-state index is 12.9. The first-order chi connectivity index (χ1) is 15.7. The number of methoxy groups -OCH3 is 1. The van der Waals surface area contributed by atoms with Crippen LogP contribution in [0.25, 0.3) is 0 Å². The number of carbonyl (C=O) groups is 1. The molecular weight excluding hydrogens is 404 g/mol. The van der Waals surface area contributed by atoms with Crippen molar-refractivity contribution in [2.24, 2.45) is 4.99 Å². The van der Waals surface area contributed by atoms with E-state index in [-0.39, 0.29) is 5.91 Å². The lowest BCUT2D eigenvalue weighted by Gasteiger charge is -2.14. The Morgan fingerprint density at radius 1 is 1.03 bits per heavy atom. The van der Waals surface area contributed by atoms with Crippen LogP contribution in [-0.2, 0) is 6.54 Å². The first-order valence-electron chi connectivity index (χ1n) is 10.6. The molecule has 0 aliphatic heterocycles. The van der Waals surface area contributed by atoms with Gasteiger partial charge >= 0.3 is 0 Å². The van der Waals surface area contributed by atoms with Crippen molar-refractivity contribution in [2.45, 2.75) is 26.3 Å². The van der Waals surface area contributed by atoms with Crippen molar-refractivity contribution in [3.05, 3.63) is 84.2 Å². The van der Waals surface area contributed by atoms with E-state index in [1.165, 1.54) is 0 Å². The fraction of sp³-hybridized carbons (Fsp3) is 0.240. The normalized spacial score (nSPS) is 11.0. The zero-order valence-corrected chi connectivity index (χ0v) is 18.4. The largest absolute Gasteiger partial charge is 0.495 e. The van der Waals surface area contributed by atoms with Crippen LogP contribution in [0.2, 0.25) is 0 Å². The summed E-state index contributed by atoms with van der Waals surface area (Å²) in [4.78, 5) is 21.5. The number of aromatic nitrogens is 1. The van der Waals surface area contributed by atoms with Crippen LogP contribution < -0.4 is 20.1 Å². The van der Waals surface area contributed by atoms with Crippen LogP contribution >= 0.6 is 0 Å². The Kier molecular flexibility index (Phi) is 8.62. The van der Waals surface area contributed by atoms with Crippen LogP contribution in [0, 0.1) is 0 Å². The summed E-state index contributed by atoms with van der Waals surface area (Å²) in [5.74, 6) is 1.43. The minimum absolute atomic E-state index is 0.277. The Morgan fingerprint density at radius 2 is 1.78 bits per heavy atom. The zero-order valence-electron chi connectivity index (χ0n) is 18.4. The smallest absolute Gasteiger partial charge is 0.257 e. The molecule has 32 heavy (non-hydrogen) atoms. The number of pyridine rings is 1. The molecule has 0 atom stereocenters. The van der Waals surface area contributed by atoms with Crippen molar-refractivity contribution in [1.29, 1.82) is 0 Å². The molecule has 7 heteroatoms. The Hall–Kier alpha value is -3.87. The van der Waals surface area contributed by atoms with E-state index in [0.717, 1.165) is 24.2 Å². The number of unbranched alkanes of at least 4 members (excludes halogenated alkanes) is 1. The van der Waals surface area contributed by atoms with Crippen LogP contribution in [0.5, 0.6) is 11.5 Å². The molecule has 1 amide bonds. The van der Waals surface area contributed by atoms with Crippen LogP contribution in [0.3, 0.4) is 0 Å². The molecule has 3 aromatic rings. The monoisotopic (exact) mass is 432 g/mol. The second-order valence-electron chi connectivity index (χ2n) is 7.03. The maximum Gasteiger partial charge on any atom is 0.257 e. The molecule has 1 heterocycles. The van der Waals surface area contributed by atoms with Gasteiger partial charge in [-0.05, 0) is 60.5 Å². The van der Waals surface area contributed by atoms with Gasteiger partial charge in [0, 0.05) is 18.0 Å². The van der Waals surface area contributed by atoms with Crippen LogP contribution in [-0.4, -0.2) is 30.6 Å². The van der Waals surface area contributed by atoms with E-state index in [4.69, 9.17) is 9.47 Å². The van der Waals surface area contributed by atoms with E-state index in [1.54, 1.807) is 43.8 Å². The van der Waals surface area contributed by atoms with Gasteiger partial charge in [-0.2, -0.15) is 0 Å². The molecule has 0 saturated heterocycles. The quantitative estimate of drug-likeness (QED) is 0.292. The number of benzene rings is 2. The Bertz CT molecular complexity index is 1020. The second kappa shape index (κ2) is 12.1. The third-order valence-corrected chi connectivity index (χ3v) is 4.64. The van der Waals surface area contributed by atoms with E-state index in [2.05, 4.69) is 27.5 Å². The van der Waals surface area contributed by atoms with Crippen LogP contribution in [0.4, 0.5) is 5.69 Å². The highest BCUT2D eigenvalue weighted by molar-refractivity contribution is 6.10. The van der Waals surface area contributed by atoms with Gasteiger partial charge in [0.25, 0.3) is 5.91 Å². The molecule has 0 unspecified atom stereocenters. The number of nitrogens with zero attached hydrogens (tertiary/aromatic N) is 2. The summed E-state index contributed by atoms with van der Waals surface area (Å²) in [5.41, 5.74) is 2.18. The molecule has 0 aliphatic rings. The van der Waals surface area contributed by atoms with Crippen LogP contribution in [0.1, 0.15) is 35.7 Å². The van der Waals surface area contributed by atoms with E-state index in [9.17, 15) is 4.79 Å². The van der Waals surface area contributed by atoms with Crippen LogP contribution in [0.15, 0.2) is 78.0 Å². The number of para-hydroxylation sites is 2. The summed E-state index contributed by atoms with van der Waals surface area (Å²) < 4.78 is 11.1. The van der Waals surface area contributed by atoms with E-state index in [1.807, 2.05) is 36.4 Å². The first kappa shape index (κ1) is 22.8. The molecule has 0 saturated carbocycles. The van der Waals surface area contributed by atoms with E-state index in [0.29, 0.717) is 36.1 Å². The fourth-order valence-electron chi connectivity index (χ4n) is 2.86. The van der Waals surface area contributed by atoms with E-state index >= 15 is 0 Å². The predicted molar refractivity (Wildman–Crippen MR) is 126 cm³/mol. The highest BCUT2D eigenvalue weighted by Crippen LogP contribution is 2.23. The molecule has 2 aromatic carbocycles. The van der Waals surface area contributed by atoms with Crippen molar-refractivity contribution in [1.82, 2.24) is 10.3 Å².